The van der Waals surface area contributed by atoms with Gasteiger partial charge in [-0.2, -0.15) is 0 Å². The first kappa shape index (κ1) is 14.6. The first-order valence-electron chi connectivity index (χ1n) is 6.11. The van der Waals surface area contributed by atoms with E-state index in [4.69, 9.17) is 26.4 Å². The van der Waals surface area contributed by atoms with E-state index in [-0.39, 0.29) is 6.10 Å². The zero-order valence-corrected chi connectivity index (χ0v) is 11.2. The van der Waals surface area contributed by atoms with Gasteiger partial charge in [0.1, 0.15) is 0 Å². The van der Waals surface area contributed by atoms with Gasteiger partial charge in [0.15, 0.2) is 5.11 Å². The van der Waals surface area contributed by atoms with Crippen LogP contribution in [0, 0.1) is 0 Å². The van der Waals surface area contributed by atoms with Gasteiger partial charge in [-0.25, -0.2) is 0 Å². The molecule has 1 aliphatic rings. The molecule has 1 fully saturated rings. The van der Waals surface area contributed by atoms with Crippen LogP contribution in [0.4, 0.5) is 0 Å². The zero-order chi connectivity index (χ0) is 12.3. The fourth-order valence-electron chi connectivity index (χ4n) is 1.44. The molecule has 0 aromatic heterocycles. The van der Waals surface area contributed by atoms with Crippen molar-refractivity contribution in [2.45, 2.75) is 19.4 Å². The lowest BCUT2D eigenvalue weighted by atomic mass is 10.3. The fourth-order valence-corrected chi connectivity index (χ4v) is 1.63. The molecule has 1 rings (SSSR count). The summed E-state index contributed by atoms with van der Waals surface area (Å²) in [5.41, 5.74) is 0. The van der Waals surface area contributed by atoms with Crippen molar-refractivity contribution in [1.82, 2.24) is 10.6 Å². The van der Waals surface area contributed by atoms with Crippen molar-refractivity contribution in [3.05, 3.63) is 0 Å². The summed E-state index contributed by atoms with van der Waals surface area (Å²) in [5, 5.41) is 6.91. The highest BCUT2D eigenvalue weighted by Gasteiger charge is 2.13. The first-order valence-corrected chi connectivity index (χ1v) is 6.52. The van der Waals surface area contributed by atoms with Gasteiger partial charge in [-0.1, -0.05) is 0 Å². The van der Waals surface area contributed by atoms with Crippen molar-refractivity contribution in [2.75, 3.05) is 46.1 Å². The number of thiocarbonyl (C=S) groups is 1. The molecule has 0 radical (unpaired) electrons. The lowest BCUT2D eigenvalue weighted by Crippen LogP contribution is -2.43. The van der Waals surface area contributed by atoms with Crippen LogP contribution in [-0.2, 0) is 14.2 Å². The molecular weight excluding hydrogens is 240 g/mol. The maximum absolute atomic E-state index is 5.49. The van der Waals surface area contributed by atoms with Gasteiger partial charge < -0.3 is 24.8 Å². The molecule has 1 heterocycles. The quantitative estimate of drug-likeness (QED) is 0.508. The lowest BCUT2D eigenvalue weighted by molar-refractivity contribution is -0.0849. The summed E-state index contributed by atoms with van der Waals surface area (Å²) in [6, 6.07) is 0. The Morgan fingerprint density at radius 3 is 3.00 bits per heavy atom. The molecule has 0 saturated carbocycles. The average Bonchev–Trinajstić information content (AvgIpc) is 2.37. The number of hydrogen-bond donors (Lipinski definition) is 2. The third-order valence-electron chi connectivity index (χ3n) is 2.33. The molecule has 100 valence electrons. The molecule has 0 aromatic carbocycles. The maximum atomic E-state index is 5.49. The second-order valence-corrected chi connectivity index (χ2v) is 4.16. The van der Waals surface area contributed by atoms with Crippen LogP contribution in [0.5, 0.6) is 0 Å². The summed E-state index contributed by atoms with van der Waals surface area (Å²) in [6.45, 7) is 7.04. The molecule has 1 saturated heterocycles. The van der Waals surface area contributed by atoms with Gasteiger partial charge in [-0.05, 0) is 25.6 Å². The molecule has 1 atom stereocenters. The minimum Gasteiger partial charge on any atom is -0.382 e. The highest BCUT2D eigenvalue weighted by molar-refractivity contribution is 7.80. The molecule has 6 heteroatoms. The summed E-state index contributed by atoms with van der Waals surface area (Å²) >= 11 is 5.14. The van der Waals surface area contributed by atoms with E-state index in [1.54, 1.807) is 0 Å². The molecule has 17 heavy (non-hydrogen) atoms. The topological polar surface area (TPSA) is 51.8 Å². The lowest BCUT2D eigenvalue weighted by Gasteiger charge is -2.23. The van der Waals surface area contributed by atoms with Crippen molar-refractivity contribution in [2.24, 2.45) is 0 Å². The predicted molar refractivity (Wildman–Crippen MR) is 70.3 cm³/mol. The van der Waals surface area contributed by atoms with E-state index in [1.165, 1.54) is 0 Å². The van der Waals surface area contributed by atoms with Crippen LogP contribution in [0.15, 0.2) is 0 Å². The van der Waals surface area contributed by atoms with Gasteiger partial charge in [0.25, 0.3) is 0 Å². The van der Waals surface area contributed by atoms with Crippen molar-refractivity contribution < 1.29 is 14.2 Å². The van der Waals surface area contributed by atoms with Crippen LogP contribution in [0.2, 0.25) is 0 Å². The highest BCUT2D eigenvalue weighted by Crippen LogP contribution is 1.98. The zero-order valence-electron chi connectivity index (χ0n) is 10.4. The number of rotatable bonds is 7. The number of ether oxygens (including phenoxy) is 3. The van der Waals surface area contributed by atoms with Crippen LogP contribution in [-0.4, -0.2) is 57.3 Å². The van der Waals surface area contributed by atoms with Gasteiger partial charge >= 0.3 is 0 Å². The van der Waals surface area contributed by atoms with Gasteiger partial charge in [-0.15, -0.1) is 0 Å². The van der Waals surface area contributed by atoms with E-state index in [2.05, 4.69) is 10.6 Å². The molecule has 1 aliphatic heterocycles. The summed E-state index contributed by atoms with van der Waals surface area (Å²) in [5.74, 6) is 0. The second-order valence-electron chi connectivity index (χ2n) is 3.75. The smallest absolute Gasteiger partial charge is 0.166 e. The van der Waals surface area contributed by atoms with Crippen molar-refractivity contribution in [3.63, 3.8) is 0 Å². The Hall–Kier alpha value is -0.430. The van der Waals surface area contributed by atoms with Crippen LogP contribution in [0.3, 0.4) is 0 Å². The third kappa shape index (κ3) is 7.49. The van der Waals surface area contributed by atoms with E-state index in [1.807, 2.05) is 6.92 Å². The summed E-state index contributed by atoms with van der Waals surface area (Å²) in [4.78, 5) is 0. The molecule has 0 bridgehead atoms. The normalized spacial score (nSPS) is 19.9. The Kier molecular flexibility index (Phi) is 8.25. The van der Waals surface area contributed by atoms with Crippen LogP contribution < -0.4 is 10.6 Å². The molecule has 5 nitrogen and oxygen atoms in total. The largest absolute Gasteiger partial charge is 0.382 e. The summed E-state index contributed by atoms with van der Waals surface area (Å²) in [6.07, 6.45) is 1.06. The fraction of sp³-hybridized carbons (Fsp3) is 0.909. The van der Waals surface area contributed by atoms with E-state index in [0.29, 0.717) is 31.5 Å². The first-order chi connectivity index (χ1) is 8.33. The Balaban J connectivity index is 1.93. The van der Waals surface area contributed by atoms with Gasteiger partial charge in [0, 0.05) is 26.3 Å². The highest BCUT2D eigenvalue weighted by atomic mass is 32.1. The molecule has 2 N–H and O–H groups in total. The van der Waals surface area contributed by atoms with Crippen molar-refractivity contribution in [1.29, 1.82) is 0 Å². The van der Waals surface area contributed by atoms with Crippen LogP contribution >= 0.6 is 12.2 Å². The van der Waals surface area contributed by atoms with Gasteiger partial charge in [0.05, 0.1) is 25.9 Å². The average molecular weight is 262 g/mol. The maximum Gasteiger partial charge on any atom is 0.166 e. The summed E-state index contributed by atoms with van der Waals surface area (Å²) < 4.78 is 16.0. The van der Waals surface area contributed by atoms with Crippen LogP contribution in [0.25, 0.3) is 0 Å². The van der Waals surface area contributed by atoms with Crippen molar-refractivity contribution >= 4 is 17.3 Å². The monoisotopic (exact) mass is 262 g/mol. The van der Waals surface area contributed by atoms with Crippen molar-refractivity contribution in [3.8, 4) is 0 Å². The Labute approximate surface area is 108 Å². The standard InChI is InChI=1S/C11H22N2O3S/c1-2-14-5-3-4-12-11(17)13-8-10-9-15-6-7-16-10/h10H,2-9H2,1H3,(H2,12,13,17). The molecule has 0 spiro atoms. The van der Waals surface area contributed by atoms with E-state index in [9.17, 15) is 0 Å². The SMILES string of the molecule is CCOCCCNC(=S)NCC1COCCO1. The minimum atomic E-state index is 0.104. The summed E-state index contributed by atoms with van der Waals surface area (Å²) in [7, 11) is 0. The predicted octanol–water partition coefficient (Wildman–Crippen LogP) is 0.293. The Morgan fingerprint density at radius 1 is 1.41 bits per heavy atom. The Morgan fingerprint density at radius 2 is 2.29 bits per heavy atom. The Bertz CT molecular complexity index is 211. The molecule has 0 amide bonds. The third-order valence-corrected chi connectivity index (χ3v) is 2.62. The number of hydrogen-bond acceptors (Lipinski definition) is 4. The molecule has 0 aliphatic carbocycles. The van der Waals surface area contributed by atoms with E-state index in [0.717, 1.165) is 26.2 Å². The van der Waals surface area contributed by atoms with E-state index >= 15 is 0 Å². The molecule has 0 aromatic rings. The number of nitrogens with one attached hydrogen (secondary N) is 2. The molecule has 1 unspecified atom stereocenters. The van der Waals surface area contributed by atoms with Gasteiger partial charge in [0.2, 0.25) is 0 Å². The molecular formula is C11H22N2O3S. The second kappa shape index (κ2) is 9.58. The van der Waals surface area contributed by atoms with Gasteiger partial charge in [-0.3, -0.25) is 0 Å². The van der Waals surface area contributed by atoms with Crippen LogP contribution in [0.1, 0.15) is 13.3 Å². The minimum absolute atomic E-state index is 0.104. The van der Waals surface area contributed by atoms with E-state index < -0.39 is 0 Å².